The Labute approximate surface area is 69.6 Å². The molecule has 0 aliphatic heterocycles. The molecule has 0 radical (unpaired) electrons. The molecule has 0 amide bonds. The predicted molar refractivity (Wildman–Crippen MR) is 42.6 cm³/mol. The van der Waals surface area contributed by atoms with Crippen LogP contribution in [0.25, 0.3) is 0 Å². The van der Waals surface area contributed by atoms with Crippen LogP contribution in [0.15, 0.2) is 0 Å². The average Bonchev–Trinajstić information content (AvgIpc) is 2.14. The topological polar surface area (TPSA) is 25.8 Å². The summed E-state index contributed by atoms with van der Waals surface area (Å²) in [5.74, 6) is 0. The summed E-state index contributed by atoms with van der Waals surface area (Å²) < 4.78 is 5.20. The number of hydrogen-bond acceptors (Lipinski definition) is 3. The molecule has 1 rings (SSSR count). The van der Waals surface area contributed by atoms with Crippen LogP contribution in [0.5, 0.6) is 0 Å². The molecule has 0 saturated carbocycles. The lowest BCUT2D eigenvalue weighted by Crippen LogP contribution is -1.75. The maximum absolute atomic E-state index is 5.63. The van der Waals surface area contributed by atoms with E-state index in [-0.39, 0.29) is 0 Å². The summed E-state index contributed by atoms with van der Waals surface area (Å²) in [7, 11) is 0. The Balaban J connectivity index is 2.92. The largest absolute Gasteiger partial charge is 0.141 e. The number of alkyl halides is 1. The monoisotopic (exact) mass is 260 g/mol. The molecule has 5 heteroatoms. The first-order valence-electron chi connectivity index (χ1n) is 1.87. The molecule has 2 nitrogen and oxygen atoms in total. The Morgan fingerprint density at radius 1 is 1.75 bits per heavy atom. The second kappa shape index (κ2) is 2.93. The van der Waals surface area contributed by atoms with Gasteiger partial charge in [-0.2, -0.15) is 0 Å². The maximum Gasteiger partial charge on any atom is 0.138 e. The fourth-order valence-electron chi connectivity index (χ4n) is 0.277. The van der Waals surface area contributed by atoms with Crippen LogP contribution in [-0.4, -0.2) is 9.59 Å². The van der Waals surface area contributed by atoms with Crippen LogP contribution in [0.3, 0.4) is 0 Å². The van der Waals surface area contributed by atoms with Crippen molar-refractivity contribution in [3.63, 3.8) is 0 Å². The van der Waals surface area contributed by atoms with Crippen molar-refractivity contribution in [2.24, 2.45) is 0 Å². The van der Waals surface area contributed by atoms with Gasteiger partial charge < -0.3 is 0 Å². The fraction of sp³-hybridized carbons (Fsp3) is 0.333. The third-order valence-corrected chi connectivity index (χ3v) is 2.34. The van der Waals surface area contributed by atoms with E-state index in [1.165, 1.54) is 11.5 Å². The van der Waals surface area contributed by atoms with E-state index in [0.29, 0.717) is 4.34 Å². The minimum atomic E-state index is 0.708. The molecule has 1 heterocycles. The summed E-state index contributed by atoms with van der Waals surface area (Å²) in [6.45, 7) is 0. The normalized spacial score (nSPS) is 9.75. The molecule has 0 aliphatic carbocycles. The maximum atomic E-state index is 5.63. The van der Waals surface area contributed by atoms with Crippen molar-refractivity contribution in [2.75, 3.05) is 0 Å². The van der Waals surface area contributed by atoms with Crippen LogP contribution in [-0.2, 0) is 4.43 Å². The lowest BCUT2D eigenvalue weighted by molar-refractivity contribution is 1.08. The van der Waals surface area contributed by atoms with Crippen molar-refractivity contribution in [3.05, 3.63) is 10.0 Å². The molecule has 0 N–H and O–H groups in total. The Hall–Kier alpha value is 0.580. The lowest BCUT2D eigenvalue weighted by atomic mass is 10.6. The Morgan fingerprint density at radius 2 is 2.50 bits per heavy atom. The van der Waals surface area contributed by atoms with Crippen molar-refractivity contribution in [2.45, 2.75) is 4.43 Å². The molecule has 0 spiro atoms. The summed E-state index contributed by atoms with van der Waals surface area (Å²) in [5, 5.41) is 3.76. The fourth-order valence-corrected chi connectivity index (χ4v) is 1.92. The Kier molecular flexibility index (Phi) is 2.45. The van der Waals surface area contributed by atoms with Crippen molar-refractivity contribution in [1.82, 2.24) is 9.59 Å². The summed E-state index contributed by atoms with van der Waals surface area (Å²) in [5.41, 5.74) is 0.886. The molecule has 0 bridgehead atoms. The Bertz CT molecular complexity index is 178. The second-order valence-electron chi connectivity index (χ2n) is 1.13. The van der Waals surface area contributed by atoms with E-state index in [2.05, 4.69) is 32.2 Å². The van der Waals surface area contributed by atoms with Crippen molar-refractivity contribution in [3.8, 4) is 0 Å². The van der Waals surface area contributed by atoms with Gasteiger partial charge in [0.2, 0.25) is 0 Å². The van der Waals surface area contributed by atoms with Gasteiger partial charge in [-0.05, 0) is 0 Å². The Morgan fingerprint density at radius 3 is 2.75 bits per heavy atom. The van der Waals surface area contributed by atoms with Crippen LogP contribution in [0.2, 0.25) is 4.34 Å². The SMILES string of the molecule is Clc1snnc1CI. The molecule has 0 unspecified atom stereocenters. The van der Waals surface area contributed by atoms with Crippen molar-refractivity contribution < 1.29 is 0 Å². The average molecular weight is 260 g/mol. The van der Waals surface area contributed by atoms with Gasteiger partial charge in [-0.25, -0.2) is 0 Å². The van der Waals surface area contributed by atoms with Gasteiger partial charge in [0.25, 0.3) is 0 Å². The third-order valence-electron chi connectivity index (χ3n) is 0.636. The molecule has 1 aromatic heterocycles. The van der Waals surface area contributed by atoms with Crippen molar-refractivity contribution in [1.29, 1.82) is 0 Å². The second-order valence-corrected chi connectivity index (χ2v) is 3.25. The van der Waals surface area contributed by atoms with E-state index in [9.17, 15) is 0 Å². The molecule has 0 saturated heterocycles. The molecule has 1 aromatic rings. The molecule has 0 atom stereocenters. The number of nitrogens with zero attached hydrogens (tertiary/aromatic N) is 2. The first-order chi connectivity index (χ1) is 3.84. The van der Waals surface area contributed by atoms with Gasteiger partial charge in [0.05, 0.1) is 0 Å². The molecule has 44 valence electrons. The molecular formula is C3H2ClIN2S. The van der Waals surface area contributed by atoms with Gasteiger partial charge in [0.1, 0.15) is 10.0 Å². The minimum absolute atomic E-state index is 0.708. The zero-order valence-corrected chi connectivity index (χ0v) is 7.50. The van der Waals surface area contributed by atoms with Crippen LogP contribution < -0.4 is 0 Å². The molecule has 0 fully saturated rings. The number of aromatic nitrogens is 2. The van der Waals surface area contributed by atoms with Crippen molar-refractivity contribution >= 4 is 45.7 Å². The van der Waals surface area contributed by atoms with E-state index in [4.69, 9.17) is 11.6 Å². The summed E-state index contributed by atoms with van der Waals surface area (Å²) >= 11 is 9.05. The highest BCUT2D eigenvalue weighted by atomic mass is 127. The zero-order chi connectivity index (χ0) is 5.98. The third kappa shape index (κ3) is 1.29. The number of halogens is 2. The molecular weight excluding hydrogens is 258 g/mol. The summed E-state index contributed by atoms with van der Waals surface area (Å²) in [6.07, 6.45) is 0. The van der Waals surface area contributed by atoms with Crippen LogP contribution in [0.1, 0.15) is 5.69 Å². The lowest BCUT2D eigenvalue weighted by Gasteiger charge is -1.79. The highest BCUT2D eigenvalue weighted by Crippen LogP contribution is 2.18. The van der Waals surface area contributed by atoms with Gasteiger partial charge in [-0.3, -0.25) is 0 Å². The van der Waals surface area contributed by atoms with Crippen LogP contribution in [0, 0.1) is 0 Å². The number of rotatable bonds is 1. The van der Waals surface area contributed by atoms with E-state index in [1.807, 2.05) is 0 Å². The standard InChI is InChI=1S/C3H2ClIN2S/c4-3-2(1-5)6-7-8-3/h1H2. The minimum Gasteiger partial charge on any atom is -0.141 e. The van der Waals surface area contributed by atoms with E-state index < -0.39 is 0 Å². The van der Waals surface area contributed by atoms with Crippen LogP contribution in [0.4, 0.5) is 0 Å². The highest BCUT2D eigenvalue weighted by Gasteiger charge is 2.00. The van der Waals surface area contributed by atoms with Crippen LogP contribution >= 0.6 is 45.7 Å². The van der Waals surface area contributed by atoms with E-state index >= 15 is 0 Å². The number of hydrogen-bond donors (Lipinski definition) is 0. The molecule has 0 aromatic carbocycles. The molecule has 8 heavy (non-hydrogen) atoms. The van der Waals surface area contributed by atoms with E-state index in [1.54, 1.807) is 0 Å². The van der Waals surface area contributed by atoms with E-state index in [0.717, 1.165) is 10.1 Å². The zero-order valence-electron chi connectivity index (χ0n) is 3.77. The highest BCUT2D eigenvalue weighted by molar-refractivity contribution is 14.1. The first kappa shape index (κ1) is 6.70. The van der Waals surface area contributed by atoms with Gasteiger partial charge in [0.15, 0.2) is 0 Å². The smallest absolute Gasteiger partial charge is 0.138 e. The summed E-state index contributed by atoms with van der Waals surface area (Å²) in [4.78, 5) is 0. The van der Waals surface area contributed by atoms with Gasteiger partial charge in [-0.15, -0.1) is 5.10 Å². The molecule has 0 aliphatic rings. The predicted octanol–water partition coefficient (Wildman–Crippen LogP) is 2.13. The van der Waals surface area contributed by atoms with Gasteiger partial charge in [-0.1, -0.05) is 38.7 Å². The van der Waals surface area contributed by atoms with Gasteiger partial charge in [0, 0.05) is 16.0 Å². The summed E-state index contributed by atoms with van der Waals surface area (Å²) in [6, 6.07) is 0. The van der Waals surface area contributed by atoms with Gasteiger partial charge >= 0.3 is 0 Å². The first-order valence-corrected chi connectivity index (χ1v) is 4.55. The quantitative estimate of drug-likeness (QED) is 0.571.